The van der Waals surface area contributed by atoms with Crippen molar-refractivity contribution in [2.75, 3.05) is 12.8 Å². The first-order chi connectivity index (χ1) is 12.4. The van der Waals surface area contributed by atoms with Gasteiger partial charge in [0, 0.05) is 17.7 Å². The molecular weight excluding hydrogens is 359 g/mol. The van der Waals surface area contributed by atoms with Gasteiger partial charge in [0.1, 0.15) is 17.4 Å². The number of nitrogens with two attached hydrogens (primary N) is 1. The minimum Gasteiger partial charge on any atom is -0.497 e. The van der Waals surface area contributed by atoms with Crippen LogP contribution in [0, 0.1) is 5.82 Å². The van der Waals surface area contributed by atoms with E-state index >= 15 is 0 Å². The number of hydrogen-bond donors (Lipinski definition) is 1. The molecule has 0 unspecified atom stereocenters. The van der Waals surface area contributed by atoms with Crippen LogP contribution in [-0.2, 0) is 0 Å². The molecular formula is C19H14ClFN2O3. The molecule has 3 aromatic rings. The number of carbonyl (C=O) groups is 1. The van der Waals surface area contributed by atoms with Gasteiger partial charge in [0.05, 0.1) is 23.4 Å². The van der Waals surface area contributed by atoms with Gasteiger partial charge < -0.3 is 10.5 Å². The zero-order chi connectivity index (χ0) is 18.8. The van der Waals surface area contributed by atoms with Gasteiger partial charge in [-0.25, -0.2) is 4.39 Å². The maximum atomic E-state index is 13.3. The molecule has 3 rings (SSSR count). The number of ketones is 1. The van der Waals surface area contributed by atoms with E-state index < -0.39 is 17.2 Å². The Bertz CT molecular complexity index is 1060. The van der Waals surface area contributed by atoms with Gasteiger partial charge in [-0.1, -0.05) is 17.7 Å². The van der Waals surface area contributed by atoms with E-state index in [9.17, 15) is 14.0 Å². The lowest BCUT2D eigenvalue weighted by Gasteiger charge is -2.14. The lowest BCUT2D eigenvalue weighted by atomic mass is 10.0. The number of halogens is 2. The predicted octanol–water partition coefficient (Wildman–Crippen LogP) is 3.45. The number of benzene rings is 2. The van der Waals surface area contributed by atoms with Gasteiger partial charge in [-0.15, -0.1) is 0 Å². The van der Waals surface area contributed by atoms with Gasteiger partial charge in [-0.3, -0.25) is 14.2 Å². The number of anilines is 1. The molecule has 2 aromatic carbocycles. The number of hydrogen-bond acceptors (Lipinski definition) is 4. The van der Waals surface area contributed by atoms with Crippen LogP contribution in [-0.4, -0.2) is 17.5 Å². The number of pyridine rings is 1. The Labute approximate surface area is 153 Å². The second-order valence-electron chi connectivity index (χ2n) is 5.47. The minimum absolute atomic E-state index is 0.0313. The Balaban J connectivity index is 2.14. The molecule has 0 bridgehead atoms. The summed E-state index contributed by atoms with van der Waals surface area (Å²) in [5.74, 6) is -0.592. The van der Waals surface area contributed by atoms with E-state index in [1.807, 2.05) is 0 Å². The number of carbonyl (C=O) groups excluding carboxylic acids is 1. The van der Waals surface area contributed by atoms with Crippen molar-refractivity contribution in [3.8, 4) is 11.4 Å². The standard InChI is InChI=1S/C19H14ClFN2O3/c1-26-13-4-2-3-12(10-13)23-17(24)8-6-14(19(23)22)18(25)11-5-7-16(21)15(20)9-11/h2-10H,22H2,1H3. The fourth-order valence-electron chi connectivity index (χ4n) is 2.55. The van der Waals surface area contributed by atoms with Gasteiger partial charge in [-0.2, -0.15) is 0 Å². The zero-order valence-corrected chi connectivity index (χ0v) is 14.5. The lowest BCUT2D eigenvalue weighted by Crippen LogP contribution is -2.23. The summed E-state index contributed by atoms with van der Waals surface area (Å²) in [5, 5.41) is -0.171. The monoisotopic (exact) mass is 372 g/mol. The fourth-order valence-corrected chi connectivity index (χ4v) is 2.74. The average molecular weight is 373 g/mol. The van der Waals surface area contributed by atoms with Crippen LogP contribution >= 0.6 is 11.6 Å². The largest absolute Gasteiger partial charge is 0.497 e. The lowest BCUT2D eigenvalue weighted by molar-refractivity contribution is 0.103. The molecule has 0 amide bonds. The summed E-state index contributed by atoms with van der Waals surface area (Å²) in [7, 11) is 1.50. The van der Waals surface area contributed by atoms with Crippen molar-refractivity contribution in [3.63, 3.8) is 0 Å². The Morgan fingerprint density at radius 2 is 1.92 bits per heavy atom. The molecule has 0 fully saturated rings. The summed E-state index contributed by atoms with van der Waals surface area (Å²) in [5.41, 5.74) is 6.44. The van der Waals surface area contributed by atoms with E-state index in [0.717, 1.165) is 6.07 Å². The molecule has 26 heavy (non-hydrogen) atoms. The van der Waals surface area contributed by atoms with Crippen LogP contribution in [0.2, 0.25) is 5.02 Å². The molecule has 1 heterocycles. The van der Waals surface area contributed by atoms with Gasteiger partial charge in [0.2, 0.25) is 0 Å². The van der Waals surface area contributed by atoms with Crippen LogP contribution in [0.25, 0.3) is 5.69 Å². The maximum absolute atomic E-state index is 13.3. The number of aromatic nitrogens is 1. The van der Waals surface area contributed by atoms with Crippen molar-refractivity contribution < 1.29 is 13.9 Å². The van der Waals surface area contributed by atoms with Crippen LogP contribution in [0.4, 0.5) is 10.2 Å². The summed E-state index contributed by atoms with van der Waals surface area (Å²) < 4.78 is 19.7. The van der Waals surface area contributed by atoms with E-state index in [-0.39, 0.29) is 22.0 Å². The highest BCUT2D eigenvalue weighted by molar-refractivity contribution is 6.31. The van der Waals surface area contributed by atoms with Crippen molar-refractivity contribution in [1.82, 2.24) is 4.57 Å². The Morgan fingerprint density at radius 3 is 2.62 bits per heavy atom. The summed E-state index contributed by atoms with van der Waals surface area (Å²) >= 11 is 5.74. The molecule has 132 valence electrons. The molecule has 0 spiro atoms. The molecule has 0 aliphatic carbocycles. The van der Waals surface area contributed by atoms with Gasteiger partial charge >= 0.3 is 0 Å². The van der Waals surface area contributed by atoms with Gasteiger partial charge in [-0.05, 0) is 36.4 Å². The Morgan fingerprint density at radius 1 is 1.15 bits per heavy atom. The normalized spacial score (nSPS) is 10.6. The number of nitrogen functional groups attached to an aromatic ring is 1. The van der Waals surface area contributed by atoms with Crippen LogP contribution in [0.1, 0.15) is 15.9 Å². The van der Waals surface area contributed by atoms with Crippen molar-refractivity contribution >= 4 is 23.2 Å². The summed E-state index contributed by atoms with van der Waals surface area (Å²) in [6, 6.07) is 12.9. The van der Waals surface area contributed by atoms with Crippen molar-refractivity contribution in [2.45, 2.75) is 0 Å². The van der Waals surface area contributed by atoms with Crippen molar-refractivity contribution in [3.05, 3.63) is 86.9 Å². The third-order valence-corrected chi connectivity index (χ3v) is 4.16. The first-order valence-corrected chi connectivity index (χ1v) is 7.96. The molecule has 5 nitrogen and oxygen atoms in total. The van der Waals surface area contributed by atoms with E-state index in [1.54, 1.807) is 24.3 Å². The summed E-state index contributed by atoms with van der Waals surface area (Å²) in [6.07, 6.45) is 0. The molecule has 1 aromatic heterocycles. The molecule has 0 saturated heterocycles. The van der Waals surface area contributed by atoms with Gasteiger partial charge in [0.25, 0.3) is 5.56 Å². The Hall–Kier alpha value is -3.12. The quantitative estimate of drug-likeness (QED) is 0.712. The second kappa shape index (κ2) is 7.01. The highest BCUT2D eigenvalue weighted by Gasteiger charge is 2.18. The predicted molar refractivity (Wildman–Crippen MR) is 97.8 cm³/mol. The minimum atomic E-state index is -0.627. The van der Waals surface area contributed by atoms with Crippen LogP contribution in [0.5, 0.6) is 5.75 Å². The molecule has 0 radical (unpaired) electrons. The number of ether oxygens (including phenoxy) is 1. The number of rotatable bonds is 4. The fraction of sp³-hybridized carbons (Fsp3) is 0.0526. The molecule has 0 saturated carbocycles. The third-order valence-electron chi connectivity index (χ3n) is 3.87. The number of nitrogens with zero attached hydrogens (tertiary/aromatic N) is 1. The molecule has 2 N–H and O–H groups in total. The number of methoxy groups -OCH3 is 1. The van der Waals surface area contributed by atoms with Crippen molar-refractivity contribution in [1.29, 1.82) is 0 Å². The van der Waals surface area contributed by atoms with E-state index in [0.29, 0.717) is 11.4 Å². The SMILES string of the molecule is COc1cccc(-n2c(N)c(C(=O)c3ccc(F)c(Cl)c3)ccc2=O)c1. The van der Waals surface area contributed by atoms with Gasteiger partial charge in [0.15, 0.2) is 5.78 Å². The molecule has 0 aliphatic rings. The Kier molecular flexibility index (Phi) is 4.77. The highest BCUT2D eigenvalue weighted by atomic mass is 35.5. The zero-order valence-electron chi connectivity index (χ0n) is 13.7. The van der Waals surface area contributed by atoms with Crippen LogP contribution in [0.3, 0.4) is 0 Å². The van der Waals surface area contributed by atoms with Crippen molar-refractivity contribution in [2.24, 2.45) is 0 Å². The third kappa shape index (κ3) is 3.19. The average Bonchev–Trinajstić information content (AvgIpc) is 2.64. The van der Waals surface area contributed by atoms with Crippen LogP contribution in [0.15, 0.2) is 59.4 Å². The van der Waals surface area contributed by atoms with E-state index in [4.69, 9.17) is 22.1 Å². The molecule has 0 atom stereocenters. The van der Waals surface area contributed by atoms with Crippen LogP contribution < -0.4 is 16.0 Å². The first kappa shape index (κ1) is 17.7. The topological polar surface area (TPSA) is 74.3 Å². The maximum Gasteiger partial charge on any atom is 0.256 e. The highest BCUT2D eigenvalue weighted by Crippen LogP contribution is 2.23. The first-order valence-electron chi connectivity index (χ1n) is 7.58. The molecule has 7 heteroatoms. The van der Waals surface area contributed by atoms with E-state index in [2.05, 4.69) is 0 Å². The summed E-state index contributed by atoms with van der Waals surface area (Å²) in [4.78, 5) is 25.1. The smallest absolute Gasteiger partial charge is 0.256 e. The van der Waals surface area contributed by atoms with E-state index in [1.165, 1.54) is 35.9 Å². The molecule has 0 aliphatic heterocycles. The summed E-state index contributed by atoms with van der Waals surface area (Å²) in [6.45, 7) is 0. The second-order valence-corrected chi connectivity index (χ2v) is 5.87.